The van der Waals surface area contributed by atoms with Gasteiger partial charge in [-0.1, -0.05) is 20.8 Å². The average Bonchev–Trinajstić information content (AvgIpc) is 2.80. The first-order valence-corrected chi connectivity index (χ1v) is 6.90. The summed E-state index contributed by atoms with van der Waals surface area (Å²) in [5.41, 5.74) is -0.328. The van der Waals surface area contributed by atoms with E-state index >= 15 is 0 Å². The molecule has 0 N–H and O–H groups in total. The van der Waals surface area contributed by atoms with Crippen molar-refractivity contribution in [3.8, 4) is 0 Å². The molecule has 0 bridgehead atoms. The van der Waals surface area contributed by atoms with Gasteiger partial charge in [-0.2, -0.15) is 0 Å². The summed E-state index contributed by atoms with van der Waals surface area (Å²) in [5, 5.41) is 0. The number of likely N-dealkylation sites (tertiary alicyclic amines) is 1. The van der Waals surface area contributed by atoms with E-state index in [1.807, 2.05) is 6.92 Å². The molecule has 3 nitrogen and oxygen atoms in total. The quantitative estimate of drug-likeness (QED) is 0.670. The van der Waals surface area contributed by atoms with Crippen LogP contribution < -0.4 is 0 Å². The van der Waals surface area contributed by atoms with Crippen molar-refractivity contribution in [3.05, 3.63) is 0 Å². The molecule has 1 aliphatic heterocycles. The molecule has 0 amide bonds. The lowest BCUT2D eigenvalue weighted by molar-refractivity contribution is -0.158. The summed E-state index contributed by atoms with van der Waals surface area (Å²) in [5.74, 6) is 0.293. The highest BCUT2D eigenvalue weighted by atomic mass is 16.5. The largest absolute Gasteiger partial charge is 0.464 e. The van der Waals surface area contributed by atoms with Crippen LogP contribution in [0.15, 0.2) is 0 Å². The Bertz CT molecular complexity index is 247. The monoisotopic (exact) mass is 241 g/mol. The predicted molar refractivity (Wildman–Crippen MR) is 69.9 cm³/mol. The first kappa shape index (κ1) is 14.5. The summed E-state index contributed by atoms with van der Waals surface area (Å²) in [6, 6.07) is 0. The fourth-order valence-electron chi connectivity index (χ4n) is 2.23. The predicted octanol–water partition coefficient (Wildman–Crippen LogP) is 2.70. The molecule has 1 fully saturated rings. The second kappa shape index (κ2) is 6.39. The van der Waals surface area contributed by atoms with Crippen molar-refractivity contribution < 1.29 is 9.53 Å². The number of hydrogen-bond donors (Lipinski definition) is 0. The zero-order chi connectivity index (χ0) is 12.9. The maximum absolute atomic E-state index is 12.1. The van der Waals surface area contributed by atoms with Crippen LogP contribution in [-0.2, 0) is 9.53 Å². The van der Waals surface area contributed by atoms with Crippen molar-refractivity contribution in [3.63, 3.8) is 0 Å². The molecule has 3 heteroatoms. The Morgan fingerprint density at radius 2 is 1.94 bits per heavy atom. The van der Waals surface area contributed by atoms with Crippen LogP contribution in [0.25, 0.3) is 0 Å². The maximum Gasteiger partial charge on any atom is 0.312 e. The molecule has 0 spiro atoms. The summed E-state index contributed by atoms with van der Waals surface area (Å²) in [4.78, 5) is 14.4. The van der Waals surface area contributed by atoms with Gasteiger partial charge in [0.05, 0.1) is 5.41 Å². The van der Waals surface area contributed by atoms with Crippen molar-refractivity contribution >= 4 is 5.97 Å². The van der Waals surface area contributed by atoms with E-state index in [0.29, 0.717) is 12.5 Å². The van der Waals surface area contributed by atoms with Crippen molar-refractivity contribution in [1.29, 1.82) is 0 Å². The normalized spacial score (nSPS) is 20.5. The Balaban J connectivity index is 2.32. The van der Waals surface area contributed by atoms with Crippen LogP contribution in [0.3, 0.4) is 0 Å². The van der Waals surface area contributed by atoms with Crippen molar-refractivity contribution in [2.24, 2.45) is 11.3 Å². The van der Waals surface area contributed by atoms with E-state index in [4.69, 9.17) is 4.74 Å². The molecule has 17 heavy (non-hydrogen) atoms. The molecular weight excluding hydrogens is 214 g/mol. The van der Waals surface area contributed by atoms with Gasteiger partial charge >= 0.3 is 5.97 Å². The van der Waals surface area contributed by atoms with E-state index in [0.717, 1.165) is 26.1 Å². The molecule has 0 saturated carbocycles. The minimum atomic E-state index is -0.328. The number of ether oxygens (including phenoxy) is 1. The van der Waals surface area contributed by atoms with Gasteiger partial charge in [0, 0.05) is 6.54 Å². The third kappa shape index (κ3) is 3.70. The Kier molecular flexibility index (Phi) is 5.44. The molecule has 1 atom stereocenters. The van der Waals surface area contributed by atoms with E-state index in [-0.39, 0.29) is 11.4 Å². The Labute approximate surface area is 106 Å². The number of esters is 1. The lowest BCUT2D eigenvalue weighted by atomic mass is 9.77. The van der Waals surface area contributed by atoms with Crippen LogP contribution >= 0.6 is 0 Å². The van der Waals surface area contributed by atoms with Gasteiger partial charge in [-0.25, -0.2) is 0 Å². The number of carbonyl (C=O) groups excluding carboxylic acids is 1. The molecular formula is C14H27NO2. The van der Waals surface area contributed by atoms with Crippen molar-refractivity contribution in [1.82, 2.24) is 4.90 Å². The topological polar surface area (TPSA) is 29.5 Å². The molecule has 1 rings (SSSR count). The van der Waals surface area contributed by atoms with Crippen LogP contribution in [0.4, 0.5) is 0 Å². The minimum Gasteiger partial charge on any atom is -0.464 e. The van der Waals surface area contributed by atoms with E-state index in [9.17, 15) is 4.79 Å². The highest BCUT2D eigenvalue weighted by Gasteiger charge is 2.36. The number of nitrogens with zero attached hydrogens (tertiary/aromatic N) is 1. The molecule has 100 valence electrons. The zero-order valence-electron chi connectivity index (χ0n) is 11.8. The minimum absolute atomic E-state index is 0.0332. The summed E-state index contributed by atoms with van der Waals surface area (Å²) >= 11 is 0. The third-order valence-corrected chi connectivity index (χ3v) is 4.31. The van der Waals surface area contributed by atoms with E-state index in [1.54, 1.807) is 0 Å². The van der Waals surface area contributed by atoms with Gasteiger partial charge in [-0.15, -0.1) is 0 Å². The summed E-state index contributed by atoms with van der Waals surface area (Å²) in [6.07, 6.45) is 3.41. The summed E-state index contributed by atoms with van der Waals surface area (Å²) in [7, 11) is 0. The van der Waals surface area contributed by atoms with Crippen LogP contribution in [0.5, 0.6) is 0 Å². The fraction of sp³-hybridized carbons (Fsp3) is 0.929. The van der Waals surface area contributed by atoms with Gasteiger partial charge in [-0.05, 0) is 45.2 Å². The fourth-order valence-corrected chi connectivity index (χ4v) is 2.23. The smallest absolute Gasteiger partial charge is 0.312 e. The van der Waals surface area contributed by atoms with Crippen LogP contribution in [0.2, 0.25) is 0 Å². The van der Waals surface area contributed by atoms with Gasteiger partial charge in [0.2, 0.25) is 0 Å². The first-order chi connectivity index (χ1) is 8.00. The van der Waals surface area contributed by atoms with Crippen LogP contribution in [-0.4, -0.2) is 37.1 Å². The summed E-state index contributed by atoms with van der Waals surface area (Å²) < 4.78 is 5.44. The van der Waals surface area contributed by atoms with E-state index in [2.05, 4.69) is 25.7 Å². The average molecular weight is 241 g/mol. The molecule has 1 unspecified atom stereocenters. The molecule has 0 aliphatic carbocycles. The van der Waals surface area contributed by atoms with Gasteiger partial charge in [-0.3, -0.25) is 9.69 Å². The molecule has 0 aromatic rings. The van der Waals surface area contributed by atoms with Crippen LogP contribution in [0, 0.1) is 11.3 Å². The molecule has 1 aliphatic rings. The second-order valence-corrected chi connectivity index (χ2v) is 5.61. The van der Waals surface area contributed by atoms with E-state index < -0.39 is 0 Å². The molecule has 1 heterocycles. The Morgan fingerprint density at radius 1 is 1.35 bits per heavy atom. The Morgan fingerprint density at radius 3 is 2.41 bits per heavy atom. The van der Waals surface area contributed by atoms with Gasteiger partial charge in [0.1, 0.15) is 6.61 Å². The maximum atomic E-state index is 12.1. The standard InChI is InChI=1S/C14H27NO2/c1-5-14(4,12(2)3)13(16)17-11-10-15-8-6-7-9-15/h12H,5-11H2,1-4H3. The number of carbonyl (C=O) groups is 1. The van der Waals surface area contributed by atoms with Crippen molar-refractivity contribution in [2.45, 2.75) is 47.0 Å². The SMILES string of the molecule is CCC(C)(C(=O)OCCN1CCCC1)C(C)C. The van der Waals surface area contributed by atoms with E-state index in [1.165, 1.54) is 12.8 Å². The van der Waals surface area contributed by atoms with Gasteiger partial charge in [0.15, 0.2) is 0 Å². The molecule has 0 aromatic carbocycles. The number of rotatable bonds is 6. The molecule has 0 radical (unpaired) electrons. The Hall–Kier alpha value is -0.570. The molecule has 1 saturated heterocycles. The second-order valence-electron chi connectivity index (χ2n) is 5.61. The van der Waals surface area contributed by atoms with Crippen LogP contribution in [0.1, 0.15) is 47.0 Å². The molecule has 0 aromatic heterocycles. The number of hydrogen-bond acceptors (Lipinski definition) is 3. The summed E-state index contributed by atoms with van der Waals surface area (Å²) in [6.45, 7) is 12.0. The van der Waals surface area contributed by atoms with Gasteiger partial charge in [0.25, 0.3) is 0 Å². The lowest BCUT2D eigenvalue weighted by Crippen LogP contribution is -2.36. The highest BCUT2D eigenvalue weighted by molar-refractivity contribution is 5.76. The highest BCUT2D eigenvalue weighted by Crippen LogP contribution is 2.32. The van der Waals surface area contributed by atoms with Crippen molar-refractivity contribution in [2.75, 3.05) is 26.2 Å². The van der Waals surface area contributed by atoms with Gasteiger partial charge < -0.3 is 4.74 Å². The zero-order valence-corrected chi connectivity index (χ0v) is 11.8. The lowest BCUT2D eigenvalue weighted by Gasteiger charge is -2.30. The first-order valence-electron chi connectivity index (χ1n) is 6.90. The third-order valence-electron chi connectivity index (χ3n) is 4.31.